The number of benzene rings is 8. The van der Waals surface area contributed by atoms with E-state index in [2.05, 4.69) is 77.3 Å². The number of amides is 4. The van der Waals surface area contributed by atoms with Gasteiger partial charge in [0, 0.05) is 179 Å². The molecular weight excluding hydrogens is 1840 g/mol. The molecule has 7 heterocycles. The van der Waals surface area contributed by atoms with Crippen LogP contribution in [0.2, 0.25) is 0 Å². The molecule has 8 aromatic carbocycles. The van der Waals surface area contributed by atoms with Gasteiger partial charge in [-0.25, -0.2) is 37.4 Å². The Kier molecular flexibility index (Phi) is 34.8. The molecular formula is C93H85N9O15Y4-4. The molecule has 13 aromatic rings. The van der Waals surface area contributed by atoms with Crippen LogP contribution < -0.4 is 71.0 Å². The first-order valence-electron chi connectivity index (χ1n) is 37.6. The number of H-pyrrole nitrogens is 2. The minimum Gasteiger partial charge on any atom is -0.591 e. The third-order valence-corrected chi connectivity index (χ3v) is 18.5. The minimum atomic E-state index is -0.464. The fourth-order valence-electron chi connectivity index (χ4n) is 12.7. The number of rotatable bonds is 24. The van der Waals surface area contributed by atoms with Gasteiger partial charge >= 0.3 is 23.4 Å². The summed E-state index contributed by atoms with van der Waals surface area (Å²) in [6.45, 7) is 26.0. The van der Waals surface area contributed by atoms with Crippen LogP contribution in [-0.2, 0) is 150 Å². The van der Waals surface area contributed by atoms with Gasteiger partial charge in [-0.15, -0.1) is 41.3 Å². The summed E-state index contributed by atoms with van der Waals surface area (Å²) in [7, 11) is 0. The van der Waals surface area contributed by atoms with E-state index in [4.69, 9.17) is 42.3 Å². The van der Waals surface area contributed by atoms with Gasteiger partial charge in [0.2, 0.25) is 0 Å². The Morgan fingerprint density at radius 2 is 0.868 bits per heavy atom. The van der Waals surface area contributed by atoms with Gasteiger partial charge in [0.15, 0.2) is 46.0 Å². The first kappa shape index (κ1) is 94.6. The summed E-state index contributed by atoms with van der Waals surface area (Å²) in [6, 6.07) is 54.9. The summed E-state index contributed by atoms with van der Waals surface area (Å²) < 4.78 is 58.8. The summed E-state index contributed by atoms with van der Waals surface area (Å²) >= 11 is 0. The van der Waals surface area contributed by atoms with Gasteiger partial charge in [0.1, 0.15) is 32.2 Å². The minimum absolute atomic E-state index is 0. The van der Waals surface area contributed by atoms with Crippen LogP contribution in [0.3, 0.4) is 0 Å². The molecule has 0 saturated heterocycles. The number of hydrogen-bond acceptors (Lipinski definition) is 15. The van der Waals surface area contributed by atoms with Crippen LogP contribution in [0.25, 0.3) is 33.3 Å². The van der Waals surface area contributed by atoms with Crippen molar-refractivity contribution in [3.63, 3.8) is 0 Å². The fraction of sp³-hybridized carbons (Fsp3) is 0.183. The number of urea groups is 2. The van der Waals surface area contributed by atoms with Gasteiger partial charge < -0.3 is 57.3 Å². The zero-order valence-corrected chi connectivity index (χ0v) is 79.5. The molecule has 608 valence electrons. The molecule has 16 rings (SSSR count). The number of ether oxygens (including phenoxy) is 8. The summed E-state index contributed by atoms with van der Waals surface area (Å²) in [6.07, 6.45) is 22.4. The molecule has 0 saturated carbocycles. The molecule has 24 nitrogen and oxygen atoms in total. The fourth-order valence-corrected chi connectivity index (χ4v) is 12.7. The van der Waals surface area contributed by atoms with Gasteiger partial charge in [-0.1, -0.05) is 82.5 Å². The maximum atomic E-state index is 12.0. The van der Waals surface area contributed by atoms with Crippen molar-refractivity contribution in [2.24, 2.45) is 0 Å². The van der Waals surface area contributed by atoms with Crippen molar-refractivity contribution in [2.45, 2.75) is 74.9 Å². The van der Waals surface area contributed by atoms with Crippen LogP contribution in [-0.4, -0.2) is 84.9 Å². The Balaban J connectivity index is 0.000000181. The van der Waals surface area contributed by atoms with E-state index in [1.165, 1.54) is 44.1 Å². The van der Waals surface area contributed by atoms with Crippen LogP contribution in [0.15, 0.2) is 255 Å². The van der Waals surface area contributed by atoms with Crippen LogP contribution >= 0.6 is 0 Å². The second-order valence-corrected chi connectivity index (χ2v) is 28.1. The van der Waals surface area contributed by atoms with E-state index < -0.39 is 22.5 Å². The Morgan fingerprint density at radius 1 is 0.430 bits per heavy atom. The van der Waals surface area contributed by atoms with Crippen molar-refractivity contribution in [2.75, 3.05) is 39.5 Å². The number of hydrogen-bond donors (Lipinski definition) is 4. The topological polar surface area (TPSA) is 266 Å². The number of fused-ring (bicyclic) bond motifs is 4. The van der Waals surface area contributed by atoms with Crippen LogP contribution in [0, 0.1) is 79.9 Å². The summed E-state index contributed by atoms with van der Waals surface area (Å²) in [5.74, 6) is 7.77. The predicted molar refractivity (Wildman–Crippen MR) is 448 cm³/mol. The maximum absolute atomic E-state index is 12.0. The monoisotopic (exact) mass is 1920 g/mol. The predicted octanol–water partition coefficient (Wildman–Crippen LogP) is 17.0. The maximum Gasteiger partial charge on any atom is 0.328 e. The summed E-state index contributed by atoms with van der Waals surface area (Å²) in [5, 5.41) is 8.23. The first-order chi connectivity index (χ1) is 56.5. The number of aromatic nitrogens is 5. The molecule has 0 bridgehead atoms. The number of nitrogens with one attached hydrogen (secondary N) is 4. The molecule has 4 N–H and O–H groups in total. The van der Waals surface area contributed by atoms with Crippen LogP contribution in [0.1, 0.15) is 55.6 Å². The van der Waals surface area contributed by atoms with Crippen molar-refractivity contribution in [3.05, 3.63) is 353 Å². The third-order valence-electron chi connectivity index (χ3n) is 18.5. The van der Waals surface area contributed by atoms with E-state index in [0.29, 0.717) is 108 Å². The number of nitrogens with zero attached hydrogens (tertiary/aromatic N) is 5. The van der Waals surface area contributed by atoms with Gasteiger partial charge in [-0.05, 0) is 186 Å². The zero-order chi connectivity index (χ0) is 82.2. The SMILES string of the molecule is C=C1C=CN(CCOc2cc(C)ccc2Oc2cc(C)cc3c2C=[C-]C3)C(=O)N1.C=C1C=CN(CCOc2cc(C)ccc2Oc2cc(C)cc3o[c-]cc23)C(=O)N1.Cc1ccc(Oc2cc(C)cc3c[c-]ccc23)c(OCCn2ccc(=O)[nH]c2=O)c1.Cc1ccc(Oc2cc(C)cn3c[c-]cc23)c(OCCn2ccc(=O)[nH]c2=O)c1.[Y].[Y].[Y].[Y]. The number of allylic oxidation sites excluding steroid dienone is 3. The van der Waals surface area contributed by atoms with Gasteiger partial charge in [-0.3, -0.25) is 44.6 Å². The number of furan rings is 1. The van der Waals surface area contributed by atoms with E-state index in [9.17, 15) is 28.8 Å². The molecule has 0 atom stereocenters. The molecule has 0 unspecified atom stereocenters. The second kappa shape index (κ2) is 44.5. The quantitative estimate of drug-likeness (QED) is 0.0410. The number of carbonyl (C=O) groups is 2. The van der Waals surface area contributed by atoms with E-state index in [1.807, 2.05) is 199 Å². The molecule has 1 aliphatic carbocycles. The molecule has 0 fully saturated rings. The Bertz CT molecular complexity index is 6280. The van der Waals surface area contributed by atoms with Crippen molar-refractivity contribution < 1.29 is 183 Å². The van der Waals surface area contributed by atoms with Gasteiger partial charge in [-0.2, -0.15) is 24.3 Å². The number of aromatic amines is 2. The molecule has 121 heavy (non-hydrogen) atoms. The molecule has 28 heteroatoms. The van der Waals surface area contributed by atoms with E-state index in [0.717, 1.165) is 95.2 Å². The third kappa shape index (κ3) is 25.7. The smallest absolute Gasteiger partial charge is 0.328 e. The second-order valence-electron chi connectivity index (χ2n) is 28.1. The van der Waals surface area contributed by atoms with Crippen molar-refractivity contribution >= 4 is 45.4 Å². The molecule has 4 radical (unpaired) electrons. The Labute approximate surface area is 800 Å². The van der Waals surface area contributed by atoms with E-state index in [1.54, 1.807) is 35.5 Å². The van der Waals surface area contributed by atoms with Crippen LogP contribution in [0.4, 0.5) is 9.59 Å². The van der Waals surface area contributed by atoms with Crippen molar-refractivity contribution in [1.82, 2.24) is 43.9 Å². The Morgan fingerprint density at radius 3 is 1.36 bits per heavy atom. The van der Waals surface area contributed by atoms with E-state index in [-0.39, 0.29) is 156 Å². The number of aryl methyl sites for hydroxylation is 8. The van der Waals surface area contributed by atoms with Gasteiger partial charge in [0.25, 0.3) is 11.1 Å². The zero-order valence-electron chi connectivity index (χ0n) is 68.2. The summed E-state index contributed by atoms with van der Waals surface area (Å²) in [4.78, 5) is 77.5. The molecule has 3 aliphatic rings. The number of carbonyl (C=O) groups excluding carboxylic acids is 2. The van der Waals surface area contributed by atoms with Gasteiger partial charge in [0.05, 0.1) is 43.4 Å². The average molecular weight is 1920 g/mol. The first-order valence-corrected chi connectivity index (χ1v) is 37.6. The standard InChI is InChI=1S/C24H21N2O4.C24H23N2O3.C23H21N2O4.C22H20N3O4.4Y/c1-16-7-8-20(30-21-15-17(2)13-18-5-3-4-6-19(18)21)22(14-16)29-12-11-26-10-9-23(27)25-24(26)28;1-16-7-8-21(29-22-15-17(2)13-19-5-4-6-20(19)22)23(14-16)28-12-11-26-10-9-18(3)25-24(26)27;1-15-4-5-19(29-21-14-16(2)13-20-18(21)7-10-27-20)22(12-15)28-11-9-25-8-6-17(3)24-23(25)26;1-15-5-6-18(29-19-13-16(2)14-25-8-3-4-17(19)25)20(12-15)28-11-10-24-9-7-21(26)23-22(24)27;;;;/h4-10,13-15H,11-12H2,1-2H3,(H,25,27,28);6-10,13-15H,3,5,11-12H2,1-2H3,(H,25,27);4-8,12-14H,3,9,11H2,1-2H3,(H,24,26);4-9,12-14H,10-11H2,1-2H3,(H,23,26,27);;;;/q4*-1;;;;. The largest absolute Gasteiger partial charge is 0.591 e. The Hall–Kier alpha value is -10.3. The average Bonchev–Trinajstić information content (AvgIpc) is 1.78. The van der Waals surface area contributed by atoms with Crippen LogP contribution in [0.5, 0.6) is 69.0 Å². The molecule has 5 aromatic heterocycles. The number of pyridine rings is 1. The van der Waals surface area contributed by atoms with Crippen molar-refractivity contribution in [1.29, 1.82) is 0 Å². The van der Waals surface area contributed by atoms with E-state index >= 15 is 0 Å². The van der Waals surface area contributed by atoms with Crippen molar-refractivity contribution in [3.8, 4) is 69.0 Å². The normalized spacial score (nSPS) is 12.1. The summed E-state index contributed by atoms with van der Waals surface area (Å²) in [5.41, 5.74) is 11.8. The molecule has 4 amide bonds. The molecule has 0 spiro atoms. The molecule has 2 aliphatic heterocycles.